The van der Waals surface area contributed by atoms with Crippen LogP contribution in [0.3, 0.4) is 0 Å². The predicted molar refractivity (Wildman–Crippen MR) is 413 cm³/mol. The first-order valence-electron chi connectivity index (χ1n) is 35.7. The van der Waals surface area contributed by atoms with E-state index in [0.29, 0.717) is 84.0 Å². The second-order valence-corrected chi connectivity index (χ2v) is 28.8. The number of fused-ring (bicyclic) bond motifs is 3. The molecule has 0 aromatic heterocycles. The number of aliphatic hydroxyl groups excluding tert-OH is 1. The lowest BCUT2D eigenvalue weighted by molar-refractivity contribution is 0.00444. The summed E-state index contributed by atoms with van der Waals surface area (Å²) in [6.07, 6.45) is 0. The Hall–Kier alpha value is -8.43. The minimum atomic E-state index is -0.746. The minimum Gasteiger partial charge on any atom is -0.490 e. The molecule has 0 atom stereocenters. The van der Waals surface area contributed by atoms with E-state index in [1.165, 1.54) is 55.9 Å². The summed E-state index contributed by atoms with van der Waals surface area (Å²) in [5.74, 6) is -0.00574. The molecule has 101 heavy (non-hydrogen) atoms. The molecule has 0 radical (unpaired) electrons. The van der Waals surface area contributed by atoms with Gasteiger partial charge in [0.05, 0.1) is 103 Å². The van der Waals surface area contributed by atoms with Crippen molar-refractivity contribution >= 4 is 40.1 Å². The maximum Gasteiger partial charge on any atom is 0.341 e. The molecule has 0 aliphatic heterocycles. The molecule has 0 spiro atoms. The summed E-state index contributed by atoms with van der Waals surface area (Å²) >= 11 is 0. The van der Waals surface area contributed by atoms with Crippen LogP contribution >= 0.6 is 0 Å². The van der Waals surface area contributed by atoms with E-state index in [2.05, 4.69) is 271 Å². The van der Waals surface area contributed by atoms with Crippen LogP contribution in [-0.4, -0.2) is 104 Å². The number of carbonyl (C=O) groups is 1. The lowest BCUT2D eigenvalue weighted by Crippen LogP contribution is -2.29. The molecule has 12 heteroatoms. The van der Waals surface area contributed by atoms with Gasteiger partial charge in [-0.25, -0.2) is 4.79 Å². The molecule has 1 aliphatic rings. The minimum absolute atomic E-state index is 0.000790. The van der Waals surface area contributed by atoms with Crippen molar-refractivity contribution in [2.24, 2.45) is 0 Å². The van der Waals surface area contributed by atoms with Gasteiger partial charge in [-0.15, -0.1) is 0 Å². The van der Waals surface area contributed by atoms with Crippen molar-refractivity contribution in [1.29, 1.82) is 0 Å². The molecule has 12 nitrogen and oxygen atoms in total. The van der Waals surface area contributed by atoms with Crippen molar-refractivity contribution < 1.29 is 47.8 Å². The molecule has 0 unspecified atom stereocenters. The van der Waals surface area contributed by atoms with Gasteiger partial charge in [0.25, 0.3) is 0 Å². The first kappa shape index (κ1) is 76.7. The number of methoxy groups -OCH3 is 1. The SMILES string of the molecule is CCOC(=O)c1cc(C2(c3ccc(COCCOCCOCCO)c(C)c3)c3cc(C)ccc3-c3ccc(C)cc32)ccc1OCCOCCOCCOC.Cc1ccc(N(c2ccc(N(c3ccc(C)cc3)c3c(C)cc(C(C)(C)C)cc3C)cc2)c2c(C)cc(C(C)(C)C)cc2C)cc1. The fourth-order valence-corrected chi connectivity index (χ4v) is 13.5. The molecule has 0 bridgehead atoms. The topological polar surface area (TPSA) is 118 Å². The molecule has 0 heterocycles. The number of rotatable bonds is 30. The molecule has 1 aliphatic carbocycles. The van der Waals surface area contributed by atoms with Gasteiger partial charge in [-0.05, 0) is 219 Å². The molecule has 0 saturated heterocycles. The van der Waals surface area contributed by atoms with E-state index in [9.17, 15) is 4.79 Å². The fourth-order valence-electron chi connectivity index (χ4n) is 13.5. The Kier molecular flexibility index (Phi) is 26.6. The van der Waals surface area contributed by atoms with Gasteiger partial charge in [-0.2, -0.15) is 0 Å². The van der Waals surface area contributed by atoms with Crippen molar-refractivity contribution in [2.75, 3.05) is 103 Å². The van der Waals surface area contributed by atoms with Crippen molar-refractivity contribution in [2.45, 2.75) is 134 Å². The van der Waals surface area contributed by atoms with E-state index in [1.54, 1.807) is 14.0 Å². The lowest BCUT2D eigenvalue weighted by Gasteiger charge is -2.35. The normalized spacial score (nSPS) is 12.4. The molecular formula is C89H108N2O10. The molecular weight excluding hydrogens is 1260 g/mol. The molecule has 1 N–H and O–H groups in total. The smallest absolute Gasteiger partial charge is 0.341 e. The number of carbonyl (C=O) groups excluding carboxylic acids is 1. The van der Waals surface area contributed by atoms with Crippen LogP contribution in [0.4, 0.5) is 34.1 Å². The van der Waals surface area contributed by atoms with Crippen LogP contribution in [0.25, 0.3) is 11.1 Å². The zero-order valence-corrected chi connectivity index (χ0v) is 63.1. The van der Waals surface area contributed by atoms with Gasteiger partial charge in [-0.3, -0.25) is 0 Å². The molecule has 0 fully saturated rings. The van der Waals surface area contributed by atoms with Gasteiger partial charge < -0.3 is 52.8 Å². The van der Waals surface area contributed by atoms with Crippen LogP contribution in [-0.2, 0) is 56.0 Å². The molecule has 534 valence electrons. The Balaban J connectivity index is 0.000000239. The molecule has 0 amide bonds. The van der Waals surface area contributed by atoms with E-state index < -0.39 is 11.4 Å². The van der Waals surface area contributed by atoms with E-state index in [1.807, 2.05) is 12.1 Å². The number of hydrogen-bond donors (Lipinski definition) is 1. The van der Waals surface area contributed by atoms with Gasteiger partial charge in [0.1, 0.15) is 17.9 Å². The van der Waals surface area contributed by atoms with Gasteiger partial charge >= 0.3 is 5.97 Å². The van der Waals surface area contributed by atoms with Crippen molar-refractivity contribution in [3.05, 3.63) is 264 Å². The van der Waals surface area contributed by atoms with E-state index >= 15 is 0 Å². The molecule has 9 aromatic carbocycles. The highest BCUT2D eigenvalue weighted by atomic mass is 16.6. The standard InChI is InChI=1S/C45H56O10.C44H52N2/c1-6-54-44(47)40-30-37(11-14-43(40)55-26-25-52-22-21-50-18-17-48-5)45(41-27-32(2)7-12-38(41)39-13-8-33(3)28-42(39)45)36-10-9-35(34(4)29-36)31-53-24-23-51-20-19-49-16-15-46;1-29-13-17-37(18-14-29)45(41-31(3)25-35(26-32(41)4)43(7,8)9)39-21-23-40(24-22-39)46(38-19-15-30(2)16-20-38)42-33(5)27-36(28-34(42)6)44(10,11)12/h7-14,27-30,46H,6,15-26,31H2,1-5H3;13-28H,1-12H3. The number of nitrogens with zero attached hydrogens (tertiary/aromatic N) is 2. The number of aliphatic hydroxyl groups is 1. The number of ether oxygens (including phenoxy) is 8. The summed E-state index contributed by atoms with van der Waals surface area (Å²) < 4.78 is 44.8. The average Bonchev–Trinajstić information content (AvgIpc) is 1.55. The summed E-state index contributed by atoms with van der Waals surface area (Å²) in [4.78, 5) is 18.5. The van der Waals surface area contributed by atoms with E-state index in [4.69, 9.17) is 43.0 Å². The van der Waals surface area contributed by atoms with Gasteiger partial charge in [0.15, 0.2) is 0 Å². The number of aryl methyl sites for hydroxylation is 9. The predicted octanol–water partition coefficient (Wildman–Crippen LogP) is 19.8. The van der Waals surface area contributed by atoms with E-state index in [-0.39, 0.29) is 30.7 Å². The summed E-state index contributed by atoms with van der Waals surface area (Å²) in [5.41, 5.74) is 28.4. The fraction of sp³-hybridized carbons (Fsp3) is 0.382. The Morgan fingerprint density at radius 3 is 1.22 bits per heavy atom. The highest BCUT2D eigenvalue weighted by molar-refractivity contribution is 5.94. The molecule has 0 saturated carbocycles. The Morgan fingerprint density at radius 1 is 0.416 bits per heavy atom. The zero-order valence-electron chi connectivity index (χ0n) is 63.1. The maximum absolute atomic E-state index is 13.7. The van der Waals surface area contributed by atoms with Crippen molar-refractivity contribution in [1.82, 2.24) is 0 Å². The van der Waals surface area contributed by atoms with Crippen LogP contribution in [0.2, 0.25) is 0 Å². The summed E-state index contributed by atoms with van der Waals surface area (Å²) in [5, 5.41) is 8.84. The molecule has 10 rings (SSSR count). The Labute approximate surface area is 602 Å². The van der Waals surface area contributed by atoms with Crippen molar-refractivity contribution in [3.63, 3.8) is 0 Å². The third kappa shape index (κ3) is 18.6. The number of esters is 1. The highest BCUT2D eigenvalue weighted by Crippen LogP contribution is 2.57. The van der Waals surface area contributed by atoms with Crippen LogP contribution in [0, 0.1) is 62.3 Å². The summed E-state index contributed by atoms with van der Waals surface area (Å²) in [6, 6.07) is 62.1. The first-order chi connectivity index (χ1) is 48.4. The second-order valence-electron chi connectivity index (χ2n) is 28.8. The van der Waals surface area contributed by atoms with Crippen LogP contribution in [0.15, 0.2) is 170 Å². The number of hydrogen-bond acceptors (Lipinski definition) is 12. The summed E-state index contributed by atoms with van der Waals surface area (Å²) in [6.45, 7) is 40.5. The van der Waals surface area contributed by atoms with Crippen LogP contribution < -0.4 is 14.5 Å². The number of benzene rings is 9. The highest BCUT2D eigenvalue weighted by Gasteiger charge is 2.47. The van der Waals surface area contributed by atoms with Crippen molar-refractivity contribution in [3.8, 4) is 16.9 Å². The Morgan fingerprint density at radius 2 is 0.802 bits per heavy atom. The second kappa shape index (κ2) is 35.0. The van der Waals surface area contributed by atoms with Gasteiger partial charge in [0, 0.05) is 29.9 Å². The quantitative estimate of drug-likeness (QED) is 0.0341. The monoisotopic (exact) mass is 1360 g/mol. The largest absolute Gasteiger partial charge is 0.490 e. The Bertz CT molecular complexity index is 3980. The summed E-state index contributed by atoms with van der Waals surface area (Å²) in [7, 11) is 1.64. The van der Waals surface area contributed by atoms with Gasteiger partial charge in [0.2, 0.25) is 0 Å². The third-order valence-corrected chi connectivity index (χ3v) is 18.8. The van der Waals surface area contributed by atoms with Crippen LogP contribution in [0.1, 0.15) is 148 Å². The van der Waals surface area contributed by atoms with Crippen LogP contribution in [0.5, 0.6) is 5.75 Å². The average molecular weight is 1370 g/mol. The first-order valence-corrected chi connectivity index (χ1v) is 35.7. The zero-order chi connectivity index (χ0) is 72.6. The lowest BCUT2D eigenvalue weighted by atomic mass is 9.66. The number of anilines is 6. The van der Waals surface area contributed by atoms with Gasteiger partial charge in [-0.1, -0.05) is 173 Å². The van der Waals surface area contributed by atoms with E-state index in [0.717, 1.165) is 78.4 Å². The maximum atomic E-state index is 13.7. The molecule has 9 aromatic rings. The third-order valence-electron chi connectivity index (χ3n) is 18.8.